The summed E-state index contributed by atoms with van der Waals surface area (Å²) in [5.74, 6) is 0.917. The number of hydrogen-bond donors (Lipinski definition) is 0. The molecule has 0 spiro atoms. The lowest BCUT2D eigenvalue weighted by atomic mass is 9.91. The summed E-state index contributed by atoms with van der Waals surface area (Å²) < 4.78 is 6.83. The van der Waals surface area contributed by atoms with Crippen LogP contribution in [-0.2, 0) is 6.42 Å². The van der Waals surface area contributed by atoms with Crippen molar-refractivity contribution in [1.29, 1.82) is 0 Å². The number of aryl methyl sites for hydroxylation is 2. The summed E-state index contributed by atoms with van der Waals surface area (Å²) in [6, 6.07) is 15.6. The minimum absolute atomic E-state index is 0.0818. The molecular formula is C27H35NO3Si. The Morgan fingerprint density at radius 2 is 1.69 bits per heavy atom. The summed E-state index contributed by atoms with van der Waals surface area (Å²) in [6.07, 6.45) is 3.31. The molecule has 5 heteroatoms. The van der Waals surface area contributed by atoms with Gasteiger partial charge in [-0.05, 0) is 83.7 Å². The lowest BCUT2D eigenvalue weighted by Gasteiger charge is -2.37. The molecule has 0 unspecified atom stereocenters. The normalized spacial score (nSPS) is 12.2. The van der Waals surface area contributed by atoms with Crippen LogP contribution in [0.15, 0.2) is 48.5 Å². The Hall–Kier alpha value is -2.66. The largest absolute Gasteiger partial charge is 0.543 e. The second-order valence-electron chi connectivity index (χ2n) is 10.2. The number of unbranched alkanes of at least 4 members (excludes halogenated alkanes) is 1. The van der Waals surface area contributed by atoms with Crippen LogP contribution < -0.4 is 4.43 Å². The first kappa shape index (κ1) is 24.0. The first-order chi connectivity index (χ1) is 14.9. The molecule has 0 aromatic heterocycles. The molecule has 0 saturated heterocycles. The minimum Gasteiger partial charge on any atom is -0.543 e. The second-order valence-corrected chi connectivity index (χ2v) is 15.0. The van der Waals surface area contributed by atoms with Gasteiger partial charge in [-0.2, -0.15) is 0 Å². The first-order valence-corrected chi connectivity index (χ1v) is 14.4. The molecule has 0 atom stereocenters. The summed E-state index contributed by atoms with van der Waals surface area (Å²) in [5, 5.41) is 13.6. The smallest absolute Gasteiger partial charge is 0.269 e. The van der Waals surface area contributed by atoms with Gasteiger partial charge in [0, 0.05) is 17.5 Å². The van der Waals surface area contributed by atoms with Crippen molar-refractivity contribution < 1.29 is 9.35 Å². The van der Waals surface area contributed by atoms with Gasteiger partial charge in [0.25, 0.3) is 14.0 Å². The fourth-order valence-electron chi connectivity index (χ4n) is 3.74. The van der Waals surface area contributed by atoms with Gasteiger partial charge in [-0.15, -0.1) is 0 Å². The number of non-ortho nitro benzene ring substituents is 1. The van der Waals surface area contributed by atoms with Crippen molar-refractivity contribution >= 4 is 24.8 Å². The van der Waals surface area contributed by atoms with E-state index in [0.717, 1.165) is 41.5 Å². The van der Waals surface area contributed by atoms with Gasteiger partial charge in [0.1, 0.15) is 5.75 Å². The van der Waals surface area contributed by atoms with Crippen molar-refractivity contribution in [2.75, 3.05) is 0 Å². The van der Waals surface area contributed by atoms with E-state index >= 15 is 0 Å². The molecule has 0 N–H and O–H groups in total. The monoisotopic (exact) mass is 449 g/mol. The highest BCUT2D eigenvalue weighted by Crippen LogP contribution is 2.43. The van der Waals surface area contributed by atoms with Gasteiger partial charge in [-0.1, -0.05) is 52.3 Å². The summed E-state index contributed by atoms with van der Waals surface area (Å²) in [6.45, 7) is 15.6. The average Bonchev–Trinajstić information content (AvgIpc) is 2.71. The molecule has 0 amide bonds. The zero-order valence-corrected chi connectivity index (χ0v) is 21.4. The molecule has 3 aromatic carbocycles. The number of nitro benzene ring substituents is 1. The third-order valence-corrected chi connectivity index (χ3v) is 11.0. The van der Waals surface area contributed by atoms with E-state index in [1.54, 1.807) is 12.1 Å². The van der Waals surface area contributed by atoms with Crippen LogP contribution in [0.2, 0.25) is 18.1 Å². The maximum atomic E-state index is 11.2. The van der Waals surface area contributed by atoms with Crippen LogP contribution in [0.4, 0.5) is 5.69 Å². The molecule has 0 fully saturated rings. The number of nitro groups is 1. The average molecular weight is 450 g/mol. The number of rotatable bonds is 7. The number of nitrogens with zero attached hydrogens (tertiary/aromatic N) is 1. The highest BCUT2D eigenvalue weighted by molar-refractivity contribution is 6.74. The predicted molar refractivity (Wildman–Crippen MR) is 137 cm³/mol. The van der Waals surface area contributed by atoms with Crippen LogP contribution in [0.5, 0.6) is 5.75 Å². The van der Waals surface area contributed by atoms with Crippen molar-refractivity contribution in [2.24, 2.45) is 0 Å². The maximum Gasteiger partial charge on any atom is 0.269 e. The number of fused-ring (bicyclic) bond motifs is 1. The highest BCUT2D eigenvalue weighted by Gasteiger charge is 2.39. The zero-order chi connectivity index (χ0) is 23.7. The first-order valence-electron chi connectivity index (χ1n) is 11.4. The Morgan fingerprint density at radius 3 is 2.25 bits per heavy atom. The van der Waals surface area contributed by atoms with E-state index in [9.17, 15) is 10.1 Å². The van der Waals surface area contributed by atoms with Gasteiger partial charge < -0.3 is 4.43 Å². The van der Waals surface area contributed by atoms with E-state index in [2.05, 4.69) is 72.0 Å². The van der Waals surface area contributed by atoms with Crippen molar-refractivity contribution in [3.05, 3.63) is 69.8 Å². The van der Waals surface area contributed by atoms with Crippen LogP contribution in [0.1, 0.15) is 51.7 Å². The lowest BCUT2D eigenvalue weighted by Crippen LogP contribution is -2.43. The molecule has 32 heavy (non-hydrogen) atoms. The maximum absolute atomic E-state index is 11.2. The lowest BCUT2D eigenvalue weighted by molar-refractivity contribution is -0.384. The van der Waals surface area contributed by atoms with Gasteiger partial charge in [-0.25, -0.2) is 0 Å². The molecular weight excluding hydrogens is 414 g/mol. The molecule has 0 bridgehead atoms. The van der Waals surface area contributed by atoms with E-state index in [1.165, 1.54) is 16.5 Å². The van der Waals surface area contributed by atoms with E-state index in [0.29, 0.717) is 0 Å². The van der Waals surface area contributed by atoms with Crippen molar-refractivity contribution in [1.82, 2.24) is 0 Å². The third kappa shape index (κ3) is 4.88. The molecule has 0 aliphatic rings. The molecule has 3 aromatic rings. The predicted octanol–water partition coefficient (Wildman–Crippen LogP) is 8.45. The van der Waals surface area contributed by atoms with Crippen molar-refractivity contribution in [3.63, 3.8) is 0 Å². The van der Waals surface area contributed by atoms with Gasteiger partial charge in [-0.3, -0.25) is 10.1 Å². The fraction of sp³-hybridized carbons (Fsp3) is 0.407. The third-order valence-electron chi connectivity index (χ3n) is 6.67. The SMILES string of the molecule is CCCCc1ccc(O[Si](C)(C)C(C)(C)C)c2c(-c3ccc([N+](=O)[O-])cc3)cc(C)cc12. The Bertz CT molecular complexity index is 1130. The molecule has 3 rings (SSSR count). The summed E-state index contributed by atoms with van der Waals surface area (Å²) >= 11 is 0. The van der Waals surface area contributed by atoms with E-state index in [4.69, 9.17) is 4.43 Å². The number of benzene rings is 3. The van der Waals surface area contributed by atoms with Crippen LogP contribution in [0, 0.1) is 17.0 Å². The Morgan fingerprint density at radius 1 is 1.03 bits per heavy atom. The molecule has 0 aliphatic heterocycles. The highest BCUT2D eigenvalue weighted by atomic mass is 28.4. The Kier molecular flexibility index (Phi) is 6.79. The van der Waals surface area contributed by atoms with Crippen LogP contribution >= 0.6 is 0 Å². The Labute approximate surface area is 192 Å². The zero-order valence-electron chi connectivity index (χ0n) is 20.4. The minimum atomic E-state index is -2.06. The van der Waals surface area contributed by atoms with E-state index < -0.39 is 8.32 Å². The summed E-state index contributed by atoms with van der Waals surface area (Å²) in [7, 11) is -2.06. The molecule has 0 aliphatic carbocycles. The number of hydrogen-bond acceptors (Lipinski definition) is 3. The van der Waals surface area contributed by atoms with Crippen LogP contribution in [-0.4, -0.2) is 13.2 Å². The summed E-state index contributed by atoms with van der Waals surface area (Å²) in [4.78, 5) is 10.8. The molecule has 0 saturated carbocycles. The van der Waals surface area contributed by atoms with Gasteiger partial charge in [0.2, 0.25) is 0 Å². The topological polar surface area (TPSA) is 52.4 Å². The fourth-order valence-corrected chi connectivity index (χ4v) is 4.77. The molecule has 4 nitrogen and oxygen atoms in total. The van der Waals surface area contributed by atoms with E-state index in [1.807, 2.05) is 12.1 Å². The van der Waals surface area contributed by atoms with Crippen LogP contribution in [0.3, 0.4) is 0 Å². The van der Waals surface area contributed by atoms with Crippen molar-refractivity contribution in [3.8, 4) is 16.9 Å². The molecule has 0 radical (unpaired) electrons. The Balaban J connectivity index is 2.29. The van der Waals surface area contributed by atoms with Crippen LogP contribution in [0.25, 0.3) is 21.9 Å². The second kappa shape index (κ2) is 9.06. The van der Waals surface area contributed by atoms with Crippen molar-refractivity contribution in [2.45, 2.75) is 72.0 Å². The quantitative estimate of drug-likeness (QED) is 0.206. The summed E-state index contributed by atoms with van der Waals surface area (Å²) in [5.41, 5.74) is 4.65. The van der Waals surface area contributed by atoms with Gasteiger partial charge in [0.15, 0.2) is 0 Å². The molecule has 0 heterocycles. The molecule has 170 valence electrons. The van der Waals surface area contributed by atoms with Gasteiger partial charge in [0.05, 0.1) is 4.92 Å². The van der Waals surface area contributed by atoms with Gasteiger partial charge >= 0.3 is 0 Å². The standard InChI is InChI=1S/C27H35NO3Si/c1-8-9-10-20-13-16-25(31-32(6,7)27(3,4)5)26-23(20)17-19(2)18-24(26)21-11-14-22(15-12-21)28(29)30/h11-18H,8-10H2,1-7H3. The van der Waals surface area contributed by atoms with E-state index in [-0.39, 0.29) is 15.6 Å².